The van der Waals surface area contributed by atoms with Crippen molar-refractivity contribution in [3.8, 4) is 0 Å². The van der Waals surface area contributed by atoms with Crippen molar-refractivity contribution in [1.82, 2.24) is 14.5 Å². The number of sulfonamides is 1. The van der Waals surface area contributed by atoms with Crippen LogP contribution >= 0.6 is 0 Å². The number of nitrogens with zero attached hydrogens (tertiary/aromatic N) is 2. The molecule has 0 radical (unpaired) electrons. The van der Waals surface area contributed by atoms with E-state index in [-0.39, 0.29) is 12.1 Å². The Bertz CT molecular complexity index is 379. The summed E-state index contributed by atoms with van der Waals surface area (Å²) in [5.41, 5.74) is 0. The van der Waals surface area contributed by atoms with Gasteiger partial charge in [-0.05, 0) is 26.7 Å². The molecule has 1 aliphatic heterocycles. The van der Waals surface area contributed by atoms with Crippen LogP contribution in [0.25, 0.3) is 0 Å². The van der Waals surface area contributed by atoms with E-state index in [9.17, 15) is 13.2 Å². The maximum atomic E-state index is 11.9. The van der Waals surface area contributed by atoms with E-state index in [1.54, 1.807) is 4.90 Å². The van der Waals surface area contributed by atoms with Crippen LogP contribution in [0.2, 0.25) is 0 Å². The van der Waals surface area contributed by atoms with Gasteiger partial charge in [-0.2, -0.15) is 0 Å². The number of carbonyl (C=O) groups is 1. The minimum atomic E-state index is -3.16. The highest BCUT2D eigenvalue weighted by Crippen LogP contribution is 2.13. The van der Waals surface area contributed by atoms with E-state index >= 15 is 0 Å². The number of hydrogen-bond acceptors (Lipinski definition) is 3. The Kier molecular flexibility index (Phi) is 5.40. The van der Waals surface area contributed by atoms with Crippen LogP contribution in [0.5, 0.6) is 0 Å². The molecule has 1 heterocycles. The Morgan fingerprint density at radius 3 is 2.50 bits per heavy atom. The van der Waals surface area contributed by atoms with Gasteiger partial charge in [-0.15, -0.1) is 0 Å². The summed E-state index contributed by atoms with van der Waals surface area (Å²) in [7, 11) is -3.16. The van der Waals surface area contributed by atoms with Gasteiger partial charge in [-0.3, -0.25) is 0 Å². The Morgan fingerprint density at radius 1 is 1.39 bits per heavy atom. The standard InChI is InChI=1S/C11H23N3O3S/c1-4-13(5-2)11(15)12-10-7-6-8-14(9-10)18(3,16)17/h10H,4-9H2,1-3H3,(H,12,15). The fourth-order valence-electron chi connectivity index (χ4n) is 2.14. The van der Waals surface area contributed by atoms with Gasteiger partial charge in [-0.25, -0.2) is 17.5 Å². The molecule has 106 valence electrons. The van der Waals surface area contributed by atoms with Crippen molar-refractivity contribution in [2.24, 2.45) is 0 Å². The zero-order valence-electron chi connectivity index (χ0n) is 11.3. The lowest BCUT2D eigenvalue weighted by molar-refractivity contribution is 0.191. The molecule has 1 saturated heterocycles. The van der Waals surface area contributed by atoms with E-state index in [1.807, 2.05) is 13.8 Å². The van der Waals surface area contributed by atoms with Gasteiger partial charge in [0.15, 0.2) is 0 Å². The number of carbonyl (C=O) groups excluding carboxylic acids is 1. The first-order valence-electron chi connectivity index (χ1n) is 6.39. The molecule has 1 rings (SSSR count). The fraction of sp³-hybridized carbons (Fsp3) is 0.909. The molecule has 0 bridgehead atoms. The third-order valence-corrected chi connectivity index (χ3v) is 4.50. The number of piperidine rings is 1. The molecule has 2 amide bonds. The second-order valence-corrected chi connectivity index (χ2v) is 6.56. The van der Waals surface area contributed by atoms with Crippen molar-refractivity contribution < 1.29 is 13.2 Å². The summed E-state index contributed by atoms with van der Waals surface area (Å²) in [6.07, 6.45) is 2.83. The van der Waals surface area contributed by atoms with Gasteiger partial charge in [0.05, 0.1) is 6.26 Å². The molecule has 0 aliphatic carbocycles. The van der Waals surface area contributed by atoms with E-state index in [4.69, 9.17) is 0 Å². The molecular weight excluding hydrogens is 254 g/mol. The van der Waals surface area contributed by atoms with Crippen molar-refractivity contribution in [1.29, 1.82) is 0 Å². The van der Waals surface area contributed by atoms with E-state index in [0.29, 0.717) is 26.2 Å². The average molecular weight is 277 g/mol. The van der Waals surface area contributed by atoms with Crippen LogP contribution < -0.4 is 5.32 Å². The van der Waals surface area contributed by atoms with Gasteiger partial charge in [0.2, 0.25) is 10.0 Å². The summed E-state index contributed by atoms with van der Waals surface area (Å²) in [4.78, 5) is 13.6. The number of amides is 2. The van der Waals surface area contributed by atoms with Crippen LogP contribution in [-0.2, 0) is 10.0 Å². The van der Waals surface area contributed by atoms with Gasteiger partial charge < -0.3 is 10.2 Å². The Hall–Kier alpha value is -0.820. The molecule has 7 heteroatoms. The molecule has 0 aromatic rings. The number of hydrogen-bond donors (Lipinski definition) is 1. The summed E-state index contributed by atoms with van der Waals surface area (Å²) >= 11 is 0. The molecule has 18 heavy (non-hydrogen) atoms. The second-order valence-electron chi connectivity index (χ2n) is 4.58. The second kappa shape index (κ2) is 6.38. The van der Waals surface area contributed by atoms with E-state index in [1.165, 1.54) is 10.6 Å². The number of rotatable bonds is 4. The number of nitrogens with one attached hydrogen (secondary N) is 1. The first kappa shape index (κ1) is 15.2. The van der Waals surface area contributed by atoms with Gasteiger partial charge in [0, 0.05) is 32.2 Å². The van der Waals surface area contributed by atoms with Gasteiger partial charge in [-0.1, -0.05) is 0 Å². The van der Waals surface area contributed by atoms with Crippen molar-refractivity contribution in [2.45, 2.75) is 32.7 Å². The molecule has 0 saturated carbocycles. The highest BCUT2D eigenvalue weighted by molar-refractivity contribution is 7.88. The van der Waals surface area contributed by atoms with E-state index in [2.05, 4.69) is 5.32 Å². The van der Waals surface area contributed by atoms with Crippen LogP contribution in [0.3, 0.4) is 0 Å². The molecular formula is C11H23N3O3S. The first-order chi connectivity index (χ1) is 8.38. The average Bonchev–Trinajstić information content (AvgIpc) is 2.29. The summed E-state index contributed by atoms with van der Waals surface area (Å²) in [6.45, 7) is 6.09. The van der Waals surface area contributed by atoms with Crippen molar-refractivity contribution in [3.63, 3.8) is 0 Å². The zero-order chi connectivity index (χ0) is 13.8. The predicted molar refractivity (Wildman–Crippen MR) is 70.9 cm³/mol. The van der Waals surface area contributed by atoms with Crippen molar-refractivity contribution in [2.75, 3.05) is 32.4 Å². The molecule has 1 unspecified atom stereocenters. The maximum Gasteiger partial charge on any atom is 0.317 e. The molecule has 0 aromatic carbocycles. The molecule has 1 fully saturated rings. The van der Waals surface area contributed by atoms with Crippen LogP contribution in [0, 0.1) is 0 Å². The molecule has 0 aromatic heterocycles. The van der Waals surface area contributed by atoms with E-state index in [0.717, 1.165) is 12.8 Å². The summed E-state index contributed by atoms with van der Waals surface area (Å²) < 4.78 is 24.4. The molecule has 0 spiro atoms. The van der Waals surface area contributed by atoms with Gasteiger partial charge in [0.25, 0.3) is 0 Å². The third-order valence-electron chi connectivity index (χ3n) is 3.23. The minimum Gasteiger partial charge on any atom is -0.334 e. The van der Waals surface area contributed by atoms with E-state index < -0.39 is 10.0 Å². The van der Waals surface area contributed by atoms with Crippen LogP contribution in [0.4, 0.5) is 4.79 Å². The maximum absolute atomic E-state index is 11.9. The van der Waals surface area contributed by atoms with Crippen LogP contribution in [0.1, 0.15) is 26.7 Å². The largest absolute Gasteiger partial charge is 0.334 e. The summed E-state index contributed by atoms with van der Waals surface area (Å²) in [6, 6.07) is -0.193. The first-order valence-corrected chi connectivity index (χ1v) is 8.23. The van der Waals surface area contributed by atoms with Crippen molar-refractivity contribution in [3.05, 3.63) is 0 Å². The van der Waals surface area contributed by atoms with Crippen LogP contribution in [-0.4, -0.2) is 62.1 Å². The highest BCUT2D eigenvalue weighted by atomic mass is 32.2. The lowest BCUT2D eigenvalue weighted by atomic mass is 10.1. The molecule has 6 nitrogen and oxygen atoms in total. The van der Waals surface area contributed by atoms with Crippen molar-refractivity contribution >= 4 is 16.1 Å². The Morgan fingerprint density at radius 2 is 2.00 bits per heavy atom. The lowest BCUT2D eigenvalue weighted by Gasteiger charge is -2.32. The smallest absolute Gasteiger partial charge is 0.317 e. The monoisotopic (exact) mass is 277 g/mol. The topological polar surface area (TPSA) is 69.7 Å². The lowest BCUT2D eigenvalue weighted by Crippen LogP contribution is -2.52. The van der Waals surface area contributed by atoms with Gasteiger partial charge in [0.1, 0.15) is 0 Å². The third kappa shape index (κ3) is 4.13. The highest BCUT2D eigenvalue weighted by Gasteiger charge is 2.27. The summed E-state index contributed by atoms with van der Waals surface area (Å²) in [5, 5.41) is 2.90. The Labute approximate surface area is 109 Å². The molecule has 1 N–H and O–H groups in total. The molecule has 1 aliphatic rings. The number of urea groups is 1. The summed E-state index contributed by atoms with van der Waals surface area (Å²) in [5.74, 6) is 0. The molecule has 1 atom stereocenters. The normalized spacial score (nSPS) is 21.6. The minimum absolute atomic E-state index is 0.0819. The quantitative estimate of drug-likeness (QED) is 0.811. The van der Waals surface area contributed by atoms with Gasteiger partial charge >= 0.3 is 6.03 Å². The Balaban J connectivity index is 2.55. The fourth-order valence-corrected chi connectivity index (χ4v) is 3.05. The SMILES string of the molecule is CCN(CC)C(=O)NC1CCCN(S(C)(=O)=O)C1. The zero-order valence-corrected chi connectivity index (χ0v) is 12.2. The van der Waals surface area contributed by atoms with Crippen LogP contribution in [0.15, 0.2) is 0 Å². The predicted octanol–water partition coefficient (Wildman–Crippen LogP) is 0.462.